The molecule has 3 heteroatoms. The van der Waals surface area contributed by atoms with Crippen molar-refractivity contribution in [1.29, 1.82) is 0 Å². The molecular formula is C14H21NO2. The first-order chi connectivity index (χ1) is 8.33. The molecule has 1 heterocycles. The molecular weight excluding hydrogens is 214 g/mol. The Morgan fingerprint density at radius 1 is 1.41 bits per heavy atom. The van der Waals surface area contributed by atoms with E-state index in [1.54, 1.807) is 0 Å². The Morgan fingerprint density at radius 2 is 2.24 bits per heavy atom. The van der Waals surface area contributed by atoms with Gasteiger partial charge in [0, 0.05) is 30.7 Å². The lowest BCUT2D eigenvalue weighted by atomic mass is 9.92. The van der Waals surface area contributed by atoms with Gasteiger partial charge in [0.1, 0.15) is 5.75 Å². The molecule has 1 aromatic carbocycles. The molecule has 0 spiro atoms. The van der Waals surface area contributed by atoms with Gasteiger partial charge in [0.05, 0.1) is 13.2 Å². The Bertz CT molecular complexity index is 354. The van der Waals surface area contributed by atoms with Crippen molar-refractivity contribution in [2.24, 2.45) is 5.92 Å². The number of para-hydroxylation sites is 1. The van der Waals surface area contributed by atoms with Crippen molar-refractivity contribution in [2.45, 2.75) is 19.9 Å². The summed E-state index contributed by atoms with van der Waals surface area (Å²) in [5.74, 6) is 1.51. The Balaban J connectivity index is 2.00. The van der Waals surface area contributed by atoms with Crippen LogP contribution >= 0.6 is 0 Å². The minimum atomic E-state index is 0.375. The Hall–Kier alpha value is -1.06. The van der Waals surface area contributed by atoms with Gasteiger partial charge < -0.3 is 14.8 Å². The third-order valence-electron chi connectivity index (χ3n) is 3.14. The van der Waals surface area contributed by atoms with Crippen LogP contribution in [0.4, 0.5) is 0 Å². The second kappa shape index (κ2) is 6.03. The van der Waals surface area contributed by atoms with Crippen molar-refractivity contribution >= 4 is 0 Å². The highest BCUT2D eigenvalue weighted by atomic mass is 16.5. The summed E-state index contributed by atoms with van der Waals surface area (Å²) in [6.45, 7) is 7.45. The predicted octanol–water partition coefficient (Wildman–Crippen LogP) is 2.38. The standard InChI is InChI=1S/C14H21NO2/c1-3-16-9-8-15-14-11(2)10-17-13-7-5-4-6-12(13)14/h4-7,11,14-15H,3,8-10H2,1-2H3. The van der Waals surface area contributed by atoms with Crippen molar-refractivity contribution in [2.75, 3.05) is 26.4 Å². The van der Waals surface area contributed by atoms with Crippen LogP contribution in [0.1, 0.15) is 25.5 Å². The highest BCUT2D eigenvalue weighted by Crippen LogP contribution is 2.34. The molecule has 3 nitrogen and oxygen atoms in total. The molecule has 0 aromatic heterocycles. The number of hydrogen-bond acceptors (Lipinski definition) is 3. The van der Waals surface area contributed by atoms with Gasteiger partial charge in [-0.3, -0.25) is 0 Å². The number of hydrogen-bond donors (Lipinski definition) is 1. The minimum Gasteiger partial charge on any atom is -0.493 e. The topological polar surface area (TPSA) is 30.5 Å². The molecule has 2 rings (SSSR count). The molecule has 0 fully saturated rings. The zero-order valence-corrected chi connectivity index (χ0v) is 10.6. The van der Waals surface area contributed by atoms with Crippen LogP contribution in [0.2, 0.25) is 0 Å². The normalized spacial score (nSPS) is 22.9. The van der Waals surface area contributed by atoms with E-state index in [0.717, 1.165) is 32.1 Å². The number of nitrogens with one attached hydrogen (secondary N) is 1. The van der Waals surface area contributed by atoms with E-state index in [0.29, 0.717) is 12.0 Å². The third kappa shape index (κ3) is 2.99. The zero-order chi connectivity index (χ0) is 12.1. The molecule has 0 radical (unpaired) electrons. The number of rotatable bonds is 5. The molecule has 2 unspecified atom stereocenters. The van der Waals surface area contributed by atoms with Gasteiger partial charge in [0.25, 0.3) is 0 Å². The van der Waals surface area contributed by atoms with E-state index in [1.807, 2.05) is 19.1 Å². The zero-order valence-electron chi connectivity index (χ0n) is 10.6. The number of benzene rings is 1. The first kappa shape index (κ1) is 12.4. The van der Waals surface area contributed by atoms with Crippen molar-refractivity contribution < 1.29 is 9.47 Å². The van der Waals surface area contributed by atoms with E-state index < -0.39 is 0 Å². The Kier molecular flexibility index (Phi) is 4.40. The van der Waals surface area contributed by atoms with E-state index in [2.05, 4.69) is 24.4 Å². The molecule has 0 aliphatic carbocycles. The highest BCUT2D eigenvalue weighted by Gasteiger charge is 2.26. The van der Waals surface area contributed by atoms with Crippen molar-refractivity contribution in [1.82, 2.24) is 5.32 Å². The van der Waals surface area contributed by atoms with Gasteiger partial charge in [-0.1, -0.05) is 25.1 Å². The maximum Gasteiger partial charge on any atom is 0.124 e. The van der Waals surface area contributed by atoms with Crippen molar-refractivity contribution in [3.63, 3.8) is 0 Å². The van der Waals surface area contributed by atoms with Crippen LogP contribution < -0.4 is 10.1 Å². The minimum absolute atomic E-state index is 0.375. The molecule has 1 aliphatic heterocycles. The molecule has 0 amide bonds. The summed E-state index contributed by atoms with van der Waals surface area (Å²) < 4.78 is 11.1. The maximum atomic E-state index is 5.72. The summed E-state index contributed by atoms with van der Waals surface area (Å²) in [6, 6.07) is 8.64. The van der Waals surface area contributed by atoms with Gasteiger partial charge in [0.2, 0.25) is 0 Å². The second-order valence-corrected chi connectivity index (χ2v) is 4.45. The molecule has 17 heavy (non-hydrogen) atoms. The van der Waals surface area contributed by atoms with Gasteiger partial charge in [-0.25, -0.2) is 0 Å². The summed E-state index contributed by atoms with van der Waals surface area (Å²) in [5.41, 5.74) is 1.27. The van der Waals surface area contributed by atoms with Gasteiger partial charge in [-0.05, 0) is 13.0 Å². The van der Waals surface area contributed by atoms with Gasteiger partial charge >= 0.3 is 0 Å². The van der Waals surface area contributed by atoms with Gasteiger partial charge in [-0.15, -0.1) is 0 Å². The lowest BCUT2D eigenvalue weighted by Crippen LogP contribution is -2.35. The average Bonchev–Trinajstić information content (AvgIpc) is 2.37. The molecule has 1 N–H and O–H groups in total. The van der Waals surface area contributed by atoms with Crippen LogP contribution in [-0.2, 0) is 4.74 Å². The van der Waals surface area contributed by atoms with Crippen LogP contribution in [0.3, 0.4) is 0 Å². The predicted molar refractivity (Wildman–Crippen MR) is 68.3 cm³/mol. The van der Waals surface area contributed by atoms with E-state index in [1.165, 1.54) is 5.56 Å². The number of ether oxygens (including phenoxy) is 2. The lowest BCUT2D eigenvalue weighted by Gasteiger charge is -2.32. The quantitative estimate of drug-likeness (QED) is 0.795. The van der Waals surface area contributed by atoms with Gasteiger partial charge in [-0.2, -0.15) is 0 Å². The fourth-order valence-corrected chi connectivity index (χ4v) is 2.23. The molecule has 94 valence electrons. The summed E-state index contributed by atoms with van der Waals surface area (Å²) in [7, 11) is 0. The smallest absolute Gasteiger partial charge is 0.124 e. The molecule has 0 saturated carbocycles. The highest BCUT2D eigenvalue weighted by molar-refractivity contribution is 5.37. The van der Waals surface area contributed by atoms with Crippen molar-refractivity contribution in [3.05, 3.63) is 29.8 Å². The molecule has 0 bridgehead atoms. The van der Waals surface area contributed by atoms with Gasteiger partial charge in [0.15, 0.2) is 0 Å². The Labute approximate surface area is 103 Å². The summed E-state index contributed by atoms with van der Waals surface area (Å²) in [4.78, 5) is 0. The van der Waals surface area contributed by atoms with Crippen molar-refractivity contribution in [3.8, 4) is 5.75 Å². The summed E-state index contributed by atoms with van der Waals surface area (Å²) >= 11 is 0. The molecule has 1 aliphatic rings. The number of fused-ring (bicyclic) bond motifs is 1. The fraction of sp³-hybridized carbons (Fsp3) is 0.571. The van der Waals surface area contributed by atoms with Crippen LogP contribution in [0.15, 0.2) is 24.3 Å². The second-order valence-electron chi connectivity index (χ2n) is 4.45. The SMILES string of the molecule is CCOCCNC1c2ccccc2OCC1C. The van der Waals surface area contributed by atoms with Crippen LogP contribution in [-0.4, -0.2) is 26.4 Å². The fourth-order valence-electron chi connectivity index (χ4n) is 2.23. The van der Waals surface area contributed by atoms with E-state index >= 15 is 0 Å². The molecule has 1 aromatic rings. The third-order valence-corrected chi connectivity index (χ3v) is 3.14. The van der Waals surface area contributed by atoms with E-state index in [4.69, 9.17) is 9.47 Å². The van der Waals surface area contributed by atoms with Crippen LogP contribution in [0, 0.1) is 5.92 Å². The first-order valence-corrected chi connectivity index (χ1v) is 6.35. The van der Waals surface area contributed by atoms with Crippen LogP contribution in [0.5, 0.6) is 5.75 Å². The first-order valence-electron chi connectivity index (χ1n) is 6.35. The lowest BCUT2D eigenvalue weighted by molar-refractivity contribution is 0.135. The average molecular weight is 235 g/mol. The van der Waals surface area contributed by atoms with E-state index in [9.17, 15) is 0 Å². The summed E-state index contributed by atoms with van der Waals surface area (Å²) in [5, 5.41) is 3.56. The Morgan fingerprint density at radius 3 is 3.06 bits per heavy atom. The molecule has 2 atom stereocenters. The monoisotopic (exact) mass is 235 g/mol. The van der Waals surface area contributed by atoms with E-state index in [-0.39, 0.29) is 0 Å². The van der Waals surface area contributed by atoms with Crippen LogP contribution in [0.25, 0.3) is 0 Å². The maximum absolute atomic E-state index is 5.72. The summed E-state index contributed by atoms with van der Waals surface area (Å²) in [6.07, 6.45) is 0. The molecule has 0 saturated heterocycles. The largest absolute Gasteiger partial charge is 0.493 e.